The summed E-state index contributed by atoms with van der Waals surface area (Å²) in [6, 6.07) is 0.747. The molecule has 0 spiro atoms. The first kappa shape index (κ1) is 12.9. The molecule has 3 nitrogen and oxygen atoms in total. The van der Waals surface area contributed by atoms with E-state index < -0.39 is 0 Å². The summed E-state index contributed by atoms with van der Waals surface area (Å²) in [6.07, 6.45) is 6.78. The zero-order valence-corrected chi connectivity index (χ0v) is 10.4. The zero-order valence-electron chi connectivity index (χ0n) is 10.4. The Morgan fingerprint density at radius 1 is 1.13 bits per heavy atom. The summed E-state index contributed by atoms with van der Waals surface area (Å²) in [5, 5.41) is 0. The minimum atomic E-state index is -0.0770. The third-order valence-corrected chi connectivity index (χ3v) is 3.41. The van der Waals surface area contributed by atoms with Crippen molar-refractivity contribution < 1.29 is 9.47 Å². The second-order valence-electron chi connectivity index (χ2n) is 4.28. The fourth-order valence-corrected chi connectivity index (χ4v) is 2.42. The predicted molar refractivity (Wildman–Crippen MR) is 61.9 cm³/mol. The van der Waals surface area contributed by atoms with Crippen molar-refractivity contribution in [1.29, 1.82) is 0 Å². The molecule has 1 saturated carbocycles. The maximum Gasteiger partial charge on any atom is 0.169 e. The van der Waals surface area contributed by atoms with E-state index in [4.69, 9.17) is 9.47 Å². The van der Waals surface area contributed by atoms with Crippen molar-refractivity contribution in [2.24, 2.45) is 0 Å². The molecule has 1 fully saturated rings. The molecule has 0 unspecified atom stereocenters. The van der Waals surface area contributed by atoms with E-state index in [1.807, 2.05) is 0 Å². The molecular weight excluding hydrogens is 190 g/mol. The van der Waals surface area contributed by atoms with Crippen LogP contribution in [0.4, 0.5) is 0 Å². The van der Waals surface area contributed by atoms with Gasteiger partial charge in [-0.1, -0.05) is 26.2 Å². The SMILES string of the molecule is CCN(CC(OC)OC)C1CCCCC1. The van der Waals surface area contributed by atoms with Crippen molar-refractivity contribution in [2.45, 2.75) is 51.4 Å². The predicted octanol–water partition coefficient (Wildman–Crippen LogP) is 2.26. The first-order chi connectivity index (χ1) is 7.31. The third-order valence-electron chi connectivity index (χ3n) is 3.41. The average Bonchev–Trinajstić information content (AvgIpc) is 2.32. The number of nitrogens with zero attached hydrogens (tertiary/aromatic N) is 1. The lowest BCUT2D eigenvalue weighted by Gasteiger charge is -2.35. The van der Waals surface area contributed by atoms with Crippen LogP contribution in [0.15, 0.2) is 0 Å². The van der Waals surface area contributed by atoms with Crippen molar-refractivity contribution in [1.82, 2.24) is 4.90 Å². The molecule has 0 N–H and O–H groups in total. The second kappa shape index (κ2) is 7.20. The maximum atomic E-state index is 5.26. The van der Waals surface area contributed by atoms with Crippen molar-refractivity contribution in [2.75, 3.05) is 27.3 Å². The molecule has 0 bridgehead atoms. The van der Waals surface area contributed by atoms with Crippen LogP contribution in [-0.2, 0) is 9.47 Å². The van der Waals surface area contributed by atoms with Crippen molar-refractivity contribution in [3.8, 4) is 0 Å². The molecule has 0 aliphatic heterocycles. The van der Waals surface area contributed by atoms with E-state index in [2.05, 4.69) is 11.8 Å². The molecule has 1 aliphatic rings. The van der Waals surface area contributed by atoms with Gasteiger partial charge in [0.25, 0.3) is 0 Å². The van der Waals surface area contributed by atoms with Crippen molar-refractivity contribution in [3.63, 3.8) is 0 Å². The summed E-state index contributed by atoms with van der Waals surface area (Å²) in [4.78, 5) is 2.50. The fraction of sp³-hybridized carbons (Fsp3) is 1.00. The average molecular weight is 215 g/mol. The van der Waals surface area contributed by atoms with Crippen LogP contribution in [0.1, 0.15) is 39.0 Å². The number of ether oxygens (including phenoxy) is 2. The Morgan fingerprint density at radius 3 is 2.20 bits per heavy atom. The number of hydrogen-bond acceptors (Lipinski definition) is 3. The standard InChI is InChI=1S/C12H25NO2/c1-4-13(10-12(14-2)15-3)11-8-6-5-7-9-11/h11-12H,4-10H2,1-3H3. The van der Waals surface area contributed by atoms with E-state index in [0.29, 0.717) is 0 Å². The van der Waals surface area contributed by atoms with Gasteiger partial charge in [-0.2, -0.15) is 0 Å². The number of hydrogen-bond donors (Lipinski definition) is 0. The van der Waals surface area contributed by atoms with E-state index in [1.165, 1.54) is 32.1 Å². The van der Waals surface area contributed by atoms with Crippen molar-refractivity contribution in [3.05, 3.63) is 0 Å². The van der Waals surface area contributed by atoms with Gasteiger partial charge in [-0.25, -0.2) is 0 Å². The van der Waals surface area contributed by atoms with Crippen molar-refractivity contribution >= 4 is 0 Å². The first-order valence-electron chi connectivity index (χ1n) is 6.11. The van der Waals surface area contributed by atoms with E-state index in [0.717, 1.165) is 19.1 Å². The molecule has 15 heavy (non-hydrogen) atoms. The van der Waals surface area contributed by atoms with Crippen LogP contribution in [-0.4, -0.2) is 44.5 Å². The lowest BCUT2D eigenvalue weighted by Crippen LogP contribution is -2.42. The highest BCUT2D eigenvalue weighted by atomic mass is 16.7. The lowest BCUT2D eigenvalue weighted by atomic mass is 9.94. The molecule has 1 aliphatic carbocycles. The molecule has 1 rings (SSSR count). The van der Waals surface area contributed by atoms with Gasteiger partial charge in [-0.05, 0) is 19.4 Å². The van der Waals surface area contributed by atoms with Gasteiger partial charge in [0.15, 0.2) is 6.29 Å². The Kier molecular flexibility index (Phi) is 6.22. The molecule has 3 heteroatoms. The largest absolute Gasteiger partial charge is 0.355 e. The number of methoxy groups -OCH3 is 2. The molecule has 0 saturated heterocycles. The van der Waals surface area contributed by atoms with Crippen LogP contribution < -0.4 is 0 Å². The first-order valence-corrected chi connectivity index (χ1v) is 6.11. The molecule has 0 aromatic rings. The summed E-state index contributed by atoms with van der Waals surface area (Å²) >= 11 is 0. The zero-order chi connectivity index (χ0) is 11.1. The Labute approximate surface area is 93.7 Å². The molecular formula is C12H25NO2. The van der Waals surface area contributed by atoms with Gasteiger partial charge in [-0.15, -0.1) is 0 Å². The highest BCUT2D eigenvalue weighted by molar-refractivity contribution is 4.75. The van der Waals surface area contributed by atoms with Gasteiger partial charge >= 0.3 is 0 Å². The molecule has 0 heterocycles. The van der Waals surface area contributed by atoms with Gasteiger partial charge < -0.3 is 9.47 Å². The summed E-state index contributed by atoms with van der Waals surface area (Å²) in [5.74, 6) is 0. The van der Waals surface area contributed by atoms with E-state index in [-0.39, 0.29) is 6.29 Å². The lowest BCUT2D eigenvalue weighted by molar-refractivity contribution is -0.121. The topological polar surface area (TPSA) is 21.7 Å². The smallest absolute Gasteiger partial charge is 0.169 e. The molecule has 0 aromatic heterocycles. The highest BCUT2D eigenvalue weighted by Gasteiger charge is 2.22. The minimum Gasteiger partial charge on any atom is -0.355 e. The molecule has 90 valence electrons. The number of rotatable bonds is 6. The summed E-state index contributed by atoms with van der Waals surface area (Å²) in [5.41, 5.74) is 0. The molecule has 0 atom stereocenters. The maximum absolute atomic E-state index is 5.26. The Bertz CT molecular complexity index is 154. The molecule has 0 aromatic carbocycles. The highest BCUT2D eigenvalue weighted by Crippen LogP contribution is 2.22. The quantitative estimate of drug-likeness (QED) is 0.634. The molecule has 0 amide bonds. The molecule has 0 radical (unpaired) electrons. The summed E-state index contributed by atoms with van der Waals surface area (Å²) in [7, 11) is 3.42. The van der Waals surface area contributed by atoms with Gasteiger partial charge in [0.05, 0.1) is 0 Å². The fourth-order valence-electron chi connectivity index (χ4n) is 2.42. The summed E-state index contributed by atoms with van der Waals surface area (Å²) in [6.45, 7) is 4.21. The summed E-state index contributed by atoms with van der Waals surface area (Å²) < 4.78 is 10.5. The third kappa shape index (κ3) is 4.09. The Hall–Kier alpha value is -0.120. The normalized spacial score (nSPS) is 19.0. The monoisotopic (exact) mass is 215 g/mol. The Morgan fingerprint density at radius 2 is 1.73 bits per heavy atom. The van der Waals surface area contributed by atoms with Crippen LogP contribution in [0.2, 0.25) is 0 Å². The second-order valence-corrected chi connectivity index (χ2v) is 4.28. The Balaban J connectivity index is 2.38. The van der Waals surface area contributed by atoms with Gasteiger partial charge in [-0.3, -0.25) is 4.90 Å². The van der Waals surface area contributed by atoms with Gasteiger partial charge in [0, 0.05) is 26.8 Å². The van der Waals surface area contributed by atoms with E-state index >= 15 is 0 Å². The van der Waals surface area contributed by atoms with Gasteiger partial charge in [0.2, 0.25) is 0 Å². The van der Waals surface area contributed by atoms with Crippen LogP contribution in [0.25, 0.3) is 0 Å². The van der Waals surface area contributed by atoms with Crippen LogP contribution in [0.3, 0.4) is 0 Å². The van der Waals surface area contributed by atoms with Gasteiger partial charge in [0.1, 0.15) is 0 Å². The van der Waals surface area contributed by atoms with E-state index in [9.17, 15) is 0 Å². The van der Waals surface area contributed by atoms with Crippen LogP contribution in [0, 0.1) is 0 Å². The van der Waals surface area contributed by atoms with Crippen LogP contribution in [0.5, 0.6) is 0 Å². The van der Waals surface area contributed by atoms with Crippen LogP contribution >= 0.6 is 0 Å². The minimum absolute atomic E-state index is 0.0770. The number of likely N-dealkylation sites (N-methyl/N-ethyl adjacent to an activating group) is 1. The van der Waals surface area contributed by atoms with E-state index in [1.54, 1.807) is 14.2 Å².